The van der Waals surface area contributed by atoms with E-state index >= 15 is 0 Å². The Morgan fingerprint density at radius 2 is 1.62 bits per heavy atom. The second-order valence-corrected chi connectivity index (χ2v) is 7.58. The summed E-state index contributed by atoms with van der Waals surface area (Å²) in [5, 5.41) is 21.1. The molecule has 0 saturated carbocycles. The van der Waals surface area contributed by atoms with E-state index in [4.69, 9.17) is 11.6 Å². The van der Waals surface area contributed by atoms with Gasteiger partial charge < -0.3 is 0 Å². The summed E-state index contributed by atoms with van der Waals surface area (Å²) < 4.78 is 1.96. The van der Waals surface area contributed by atoms with E-state index < -0.39 is 4.92 Å². The van der Waals surface area contributed by atoms with Crippen molar-refractivity contribution in [3.8, 4) is 17.1 Å². The fraction of sp³-hybridized carbons (Fsp3) is 0.0476. The van der Waals surface area contributed by atoms with Gasteiger partial charge in [-0.05, 0) is 42.0 Å². The smallest absolute Gasteiger partial charge is 0.269 e. The Balaban J connectivity index is 1.70. The van der Waals surface area contributed by atoms with E-state index in [0.29, 0.717) is 16.6 Å². The molecule has 0 aliphatic heterocycles. The van der Waals surface area contributed by atoms with Gasteiger partial charge in [-0.15, -0.1) is 10.2 Å². The zero-order valence-electron chi connectivity index (χ0n) is 15.1. The molecule has 4 rings (SSSR count). The summed E-state index contributed by atoms with van der Waals surface area (Å²) in [6.45, 7) is 0. The number of nitro benzene ring substituents is 1. The maximum atomic E-state index is 10.9. The quantitative estimate of drug-likeness (QED) is 0.223. The summed E-state index contributed by atoms with van der Waals surface area (Å²) >= 11 is 7.52. The first-order valence-corrected chi connectivity index (χ1v) is 10.1. The SMILES string of the molecule is O=[N+]([O-])c1ccc(-c2nnc(SCc3ccc(Cl)cc3)n2-c2ccccc2)cc1. The predicted octanol–water partition coefficient (Wildman–Crippen LogP) is 5.79. The topological polar surface area (TPSA) is 73.8 Å². The number of para-hydroxylation sites is 1. The Labute approximate surface area is 176 Å². The van der Waals surface area contributed by atoms with Crippen molar-refractivity contribution in [2.24, 2.45) is 0 Å². The monoisotopic (exact) mass is 422 g/mol. The van der Waals surface area contributed by atoms with Crippen LogP contribution >= 0.6 is 23.4 Å². The van der Waals surface area contributed by atoms with Gasteiger partial charge in [-0.25, -0.2) is 0 Å². The molecule has 6 nitrogen and oxygen atoms in total. The highest BCUT2D eigenvalue weighted by atomic mass is 35.5. The van der Waals surface area contributed by atoms with Crippen molar-refractivity contribution in [3.63, 3.8) is 0 Å². The molecule has 0 spiro atoms. The Morgan fingerprint density at radius 3 is 2.28 bits per heavy atom. The first-order valence-electron chi connectivity index (χ1n) is 8.75. The Bertz CT molecular complexity index is 1130. The third-order valence-electron chi connectivity index (χ3n) is 4.27. The van der Waals surface area contributed by atoms with Crippen LogP contribution in [0.5, 0.6) is 0 Å². The lowest BCUT2D eigenvalue weighted by atomic mass is 10.2. The van der Waals surface area contributed by atoms with Crippen molar-refractivity contribution < 1.29 is 4.92 Å². The van der Waals surface area contributed by atoms with Gasteiger partial charge >= 0.3 is 0 Å². The molecule has 0 fully saturated rings. The van der Waals surface area contributed by atoms with Gasteiger partial charge in [0, 0.05) is 34.2 Å². The van der Waals surface area contributed by atoms with Crippen LogP contribution in [-0.4, -0.2) is 19.7 Å². The molecular formula is C21H15ClN4O2S. The van der Waals surface area contributed by atoms with Crippen LogP contribution in [0.1, 0.15) is 5.56 Å². The van der Waals surface area contributed by atoms with Gasteiger partial charge in [0.15, 0.2) is 11.0 Å². The van der Waals surface area contributed by atoms with Crippen LogP contribution < -0.4 is 0 Å². The minimum atomic E-state index is -0.418. The molecule has 0 bridgehead atoms. The van der Waals surface area contributed by atoms with Crippen LogP contribution in [0.15, 0.2) is 84.0 Å². The third kappa shape index (κ3) is 4.31. The van der Waals surface area contributed by atoms with Gasteiger partial charge in [-0.2, -0.15) is 0 Å². The van der Waals surface area contributed by atoms with E-state index in [9.17, 15) is 10.1 Å². The first kappa shape index (κ1) is 19.2. The maximum absolute atomic E-state index is 10.9. The maximum Gasteiger partial charge on any atom is 0.269 e. The van der Waals surface area contributed by atoms with Crippen molar-refractivity contribution in [2.45, 2.75) is 10.9 Å². The molecule has 0 unspecified atom stereocenters. The van der Waals surface area contributed by atoms with Crippen molar-refractivity contribution in [2.75, 3.05) is 0 Å². The predicted molar refractivity (Wildman–Crippen MR) is 114 cm³/mol. The number of nitrogens with zero attached hydrogens (tertiary/aromatic N) is 4. The van der Waals surface area contributed by atoms with Gasteiger partial charge in [0.25, 0.3) is 5.69 Å². The first-order chi connectivity index (χ1) is 14.1. The highest BCUT2D eigenvalue weighted by molar-refractivity contribution is 7.98. The Kier molecular flexibility index (Phi) is 5.59. The highest BCUT2D eigenvalue weighted by Crippen LogP contribution is 2.30. The van der Waals surface area contributed by atoms with Crippen molar-refractivity contribution >= 4 is 29.1 Å². The Hall–Kier alpha value is -3.16. The van der Waals surface area contributed by atoms with E-state index in [1.54, 1.807) is 23.9 Å². The summed E-state index contributed by atoms with van der Waals surface area (Å²) in [6.07, 6.45) is 0. The second-order valence-electron chi connectivity index (χ2n) is 6.20. The number of halogens is 1. The van der Waals surface area contributed by atoms with Crippen molar-refractivity contribution in [1.29, 1.82) is 0 Å². The van der Waals surface area contributed by atoms with E-state index in [2.05, 4.69) is 10.2 Å². The van der Waals surface area contributed by atoms with Crippen LogP contribution in [0.3, 0.4) is 0 Å². The van der Waals surface area contributed by atoms with E-state index in [0.717, 1.165) is 22.0 Å². The molecule has 0 aliphatic rings. The molecule has 0 atom stereocenters. The number of benzene rings is 3. The van der Waals surface area contributed by atoms with Crippen LogP contribution in [0, 0.1) is 10.1 Å². The van der Waals surface area contributed by atoms with Crippen molar-refractivity contribution in [3.05, 3.63) is 99.6 Å². The summed E-state index contributed by atoms with van der Waals surface area (Å²) in [6, 6.07) is 23.8. The molecule has 0 N–H and O–H groups in total. The highest BCUT2D eigenvalue weighted by Gasteiger charge is 2.17. The molecule has 29 heavy (non-hydrogen) atoms. The van der Waals surface area contributed by atoms with Gasteiger partial charge in [0.05, 0.1) is 4.92 Å². The van der Waals surface area contributed by atoms with Crippen LogP contribution in [0.2, 0.25) is 5.02 Å². The Morgan fingerprint density at radius 1 is 0.931 bits per heavy atom. The number of hydrogen-bond acceptors (Lipinski definition) is 5. The number of thioether (sulfide) groups is 1. The van der Waals surface area contributed by atoms with Gasteiger partial charge in [0.1, 0.15) is 0 Å². The molecule has 0 aliphatic carbocycles. The van der Waals surface area contributed by atoms with Crippen LogP contribution in [0.25, 0.3) is 17.1 Å². The van der Waals surface area contributed by atoms with Gasteiger partial charge in [0.2, 0.25) is 0 Å². The molecule has 8 heteroatoms. The summed E-state index contributed by atoms with van der Waals surface area (Å²) in [5.41, 5.74) is 2.84. The molecule has 4 aromatic rings. The molecule has 1 aromatic heterocycles. The lowest BCUT2D eigenvalue weighted by Gasteiger charge is -2.10. The minimum absolute atomic E-state index is 0.0388. The zero-order valence-corrected chi connectivity index (χ0v) is 16.7. The molecule has 3 aromatic carbocycles. The molecule has 144 valence electrons. The average Bonchev–Trinajstić information content (AvgIpc) is 3.18. The molecule has 0 amide bonds. The number of hydrogen-bond donors (Lipinski definition) is 0. The molecule has 0 saturated heterocycles. The summed E-state index contributed by atoms with van der Waals surface area (Å²) in [7, 11) is 0. The lowest BCUT2D eigenvalue weighted by molar-refractivity contribution is -0.384. The zero-order chi connectivity index (χ0) is 20.2. The normalized spacial score (nSPS) is 10.8. The molecule has 1 heterocycles. The largest absolute Gasteiger partial charge is 0.270 e. The third-order valence-corrected chi connectivity index (χ3v) is 5.52. The number of rotatable bonds is 6. The van der Waals surface area contributed by atoms with E-state index in [1.165, 1.54) is 12.1 Å². The van der Waals surface area contributed by atoms with E-state index in [-0.39, 0.29) is 5.69 Å². The molecular weight excluding hydrogens is 408 g/mol. The minimum Gasteiger partial charge on any atom is -0.270 e. The second kappa shape index (κ2) is 8.46. The number of non-ortho nitro benzene ring substituents is 1. The number of aromatic nitrogens is 3. The average molecular weight is 423 g/mol. The summed E-state index contributed by atoms with van der Waals surface area (Å²) in [5.74, 6) is 1.34. The van der Waals surface area contributed by atoms with E-state index in [1.807, 2.05) is 59.2 Å². The van der Waals surface area contributed by atoms with Gasteiger partial charge in [-0.3, -0.25) is 14.7 Å². The number of nitro groups is 1. The van der Waals surface area contributed by atoms with Gasteiger partial charge in [-0.1, -0.05) is 53.7 Å². The van der Waals surface area contributed by atoms with Crippen LogP contribution in [-0.2, 0) is 5.75 Å². The summed E-state index contributed by atoms with van der Waals surface area (Å²) in [4.78, 5) is 10.5. The van der Waals surface area contributed by atoms with Crippen molar-refractivity contribution in [1.82, 2.24) is 14.8 Å². The lowest BCUT2D eigenvalue weighted by Crippen LogP contribution is -1.99. The standard InChI is InChI=1S/C21H15ClN4O2S/c22-17-10-6-15(7-11-17)14-29-21-24-23-20(25(21)18-4-2-1-3-5-18)16-8-12-19(13-9-16)26(27)28/h1-13H,14H2. The fourth-order valence-electron chi connectivity index (χ4n) is 2.82. The molecule has 0 radical (unpaired) electrons. The fourth-order valence-corrected chi connectivity index (χ4v) is 3.85. The van der Waals surface area contributed by atoms with Crippen LogP contribution in [0.4, 0.5) is 5.69 Å².